The van der Waals surface area contributed by atoms with Gasteiger partial charge in [-0.3, -0.25) is 9.69 Å². The first-order valence-corrected chi connectivity index (χ1v) is 9.38. The van der Waals surface area contributed by atoms with E-state index in [4.69, 9.17) is 5.73 Å². The number of rotatable bonds is 7. The molecule has 2 rings (SSSR count). The standard InChI is InChI=1S/C20H33N3O/c1-16(2)12-19(21)20(24)22-14-17-8-7-9-18(13-17)15-23-10-5-3-4-6-11-23/h7-9,13,16,19H,3-6,10-12,14-15,21H2,1-2H3,(H,22,24)/t19-/m0/s1. The van der Waals surface area contributed by atoms with Gasteiger partial charge in [0.2, 0.25) is 5.91 Å². The van der Waals surface area contributed by atoms with E-state index in [-0.39, 0.29) is 5.91 Å². The topological polar surface area (TPSA) is 58.4 Å². The fraction of sp³-hybridized carbons (Fsp3) is 0.650. The number of nitrogens with one attached hydrogen (secondary N) is 1. The van der Waals surface area contributed by atoms with Crippen LogP contribution >= 0.6 is 0 Å². The molecule has 1 saturated heterocycles. The van der Waals surface area contributed by atoms with E-state index in [1.165, 1.54) is 44.3 Å². The number of nitrogens with zero attached hydrogens (tertiary/aromatic N) is 1. The van der Waals surface area contributed by atoms with E-state index < -0.39 is 6.04 Å². The molecule has 0 saturated carbocycles. The number of amides is 1. The van der Waals surface area contributed by atoms with E-state index in [1.54, 1.807) is 0 Å². The first kappa shape index (κ1) is 18.9. The third kappa shape index (κ3) is 6.62. The lowest BCUT2D eigenvalue weighted by Gasteiger charge is -2.20. The van der Waals surface area contributed by atoms with E-state index in [1.807, 2.05) is 0 Å². The summed E-state index contributed by atoms with van der Waals surface area (Å²) in [6.07, 6.45) is 6.06. The van der Waals surface area contributed by atoms with Gasteiger partial charge in [-0.15, -0.1) is 0 Å². The number of likely N-dealkylation sites (tertiary alicyclic amines) is 1. The van der Waals surface area contributed by atoms with Crippen LogP contribution in [0, 0.1) is 5.92 Å². The Hall–Kier alpha value is -1.39. The number of hydrogen-bond donors (Lipinski definition) is 2. The van der Waals surface area contributed by atoms with Crippen LogP contribution in [0.4, 0.5) is 0 Å². The summed E-state index contributed by atoms with van der Waals surface area (Å²) in [4.78, 5) is 14.6. The van der Waals surface area contributed by atoms with Gasteiger partial charge in [-0.1, -0.05) is 51.0 Å². The van der Waals surface area contributed by atoms with Crippen molar-refractivity contribution in [1.82, 2.24) is 10.2 Å². The lowest BCUT2D eigenvalue weighted by Crippen LogP contribution is -2.41. The van der Waals surface area contributed by atoms with Crippen molar-refractivity contribution in [2.24, 2.45) is 11.7 Å². The Morgan fingerprint density at radius 2 is 1.83 bits per heavy atom. The number of benzene rings is 1. The smallest absolute Gasteiger partial charge is 0.237 e. The Balaban J connectivity index is 1.84. The second-order valence-corrected chi connectivity index (χ2v) is 7.46. The summed E-state index contributed by atoms with van der Waals surface area (Å²) >= 11 is 0. The van der Waals surface area contributed by atoms with Crippen molar-refractivity contribution in [3.05, 3.63) is 35.4 Å². The molecule has 1 aromatic carbocycles. The fourth-order valence-electron chi connectivity index (χ4n) is 3.33. The van der Waals surface area contributed by atoms with Crippen LogP contribution in [-0.4, -0.2) is 29.9 Å². The molecule has 0 aromatic heterocycles. The lowest BCUT2D eigenvalue weighted by atomic mass is 10.0. The number of hydrogen-bond acceptors (Lipinski definition) is 3. The maximum absolute atomic E-state index is 12.0. The molecule has 4 nitrogen and oxygen atoms in total. The molecule has 1 fully saturated rings. The minimum atomic E-state index is -0.412. The van der Waals surface area contributed by atoms with Crippen molar-refractivity contribution in [3.8, 4) is 0 Å². The van der Waals surface area contributed by atoms with Gasteiger partial charge < -0.3 is 11.1 Å². The highest BCUT2D eigenvalue weighted by molar-refractivity contribution is 5.81. The van der Waals surface area contributed by atoms with Crippen molar-refractivity contribution in [2.75, 3.05) is 13.1 Å². The Morgan fingerprint density at radius 3 is 2.50 bits per heavy atom. The van der Waals surface area contributed by atoms with Crippen LogP contribution in [0.5, 0.6) is 0 Å². The van der Waals surface area contributed by atoms with Gasteiger partial charge in [0.1, 0.15) is 0 Å². The van der Waals surface area contributed by atoms with Crippen molar-refractivity contribution in [1.29, 1.82) is 0 Å². The van der Waals surface area contributed by atoms with Crippen LogP contribution in [0.3, 0.4) is 0 Å². The van der Waals surface area contributed by atoms with Crippen LogP contribution < -0.4 is 11.1 Å². The zero-order valence-electron chi connectivity index (χ0n) is 15.3. The van der Waals surface area contributed by atoms with E-state index >= 15 is 0 Å². The maximum atomic E-state index is 12.0. The third-order valence-electron chi connectivity index (χ3n) is 4.63. The Bertz CT molecular complexity index is 507. The van der Waals surface area contributed by atoms with Crippen molar-refractivity contribution in [3.63, 3.8) is 0 Å². The average Bonchev–Trinajstić information content (AvgIpc) is 2.81. The monoisotopic (exact) mass is 331 g/mol. The summed E-state index contributed by atoms with van der Waals surface area (Å²) in [7, 11) is 0. The molecule has 1 aromatic rings. The highest BCUT2D eigenvalue weighted by atomic mass is 16.2. The molecule has 4 heteroatoms. The minimum Gasteiger partial charge on any atom is -0.351 e. The van der Waals surface area contributed by atoms with Crippen LogP contribution in [0.15, 0.2) is 24.3 Å². The van der Waals surface area contributed by atoms with Crippen LogP contribution in [0.1, 0.15) is 57.1 Å². The molecule has 0 bridgehead atoms. The molecule has 0 unspecified atom stereocenters. The Morgan fingerprint density at radius 1 is 1.17 bits per heavy atom. The molecule has 1 aliphatic heterocycles. The van der Waals surface area contributed by atoms with Gasteiger partial charge >= 0.3 is 0 Å². The molecule has 1 amide bonds. The molecule has 0 aliphatic carbocycles. The summed E-state index contributed by atoms with van der Waals surface area (Å²) in [6.45, 7) is 8.13. The third-order valence-corrected chi connectivity index (χ3v) is 4.63. The second kappa shape index (κ2) is 9.80. The van der Waals surface area contributed by atoms with Gasteiger partial charge in [-0.05, 0) is 49.4 Å². The predicted molar refractivity (Wildman–Crippen MR) is 99.5 cm³/mol. The molecular formula is C20H33N3O. The number of carbonyl (C=O) groups is 1. The summed E-state index contributed by atoms with van der Waals surface area (Å²) in [5.74, 6) is 0.379. The fourth-order valence-corrected chi connectivity index (χ4v) is 3.33. The molecule has 0 spiro atoms. The van der Waals surface area contributed by atoms with E-state index in [0.717, 1.165) is 18.5 Å². The SMILES string of the molecule is CC(C)C[C@H](N)C(=O)NCc1cccc(CN2CCCCCC2)c1. The normalized spacial score (nSPS) is 17.5. The molecule has 1 atom stereocenters. The number of nitrogens with two attached hydrogens (primary N) is 1. The first-order chi connectivity index (χ1) is 11.5. The Kier molecular flexibility index (Phi) is 7.73. The van der Waals surface area contributed by atoms with Gasteiger partial charge in [0, 0.05) is 13.1 Å². The van der Waals surface area contributed by atoms with E-state index in [9.17, 15) is 4.79 Å². The summed E-state index contributed by atoms with van der Waals surface area (Å²) < 4.78 is 0. The van der Waals surface area contributed by atoms with Crippen LogP contribution in [0.2, 0.25) is 0 Å². The highest BCUT2D eigenvalue weighted by Crippen LogP contribution is 2.14. The second-order valence-electron chi connectivity index (χ2n) is 7.46. The molecule has 1 heterocycles. The van der Waals surface area contributed by atoms with Gasteiger partial charge in [-0.25, -0.2) is 0 Å². The molecule has 24 heavy (non-hydrogen) atoms. The molecule has 0 radical (unpaired) electrons. The van der Waals surface area contributed by atoms with E-state index in [2.05, 4.69) is 48.3 Å². The lowest BCUT2D eigenvalue weighted by molar-refractivity contribution is -0.122. The summed E-state index contributed by atoms with van der Waals surface area (Å²) in [5.41, 5.74) is 8.41. The van der Waals surface area contributed by atoms with Gasteiger partial charge in [0.15, 0.2) is 0 Å². The molecular weight excluding hydrogens is 298 g/mol. The highest BCUT2D eigenvalue weighted by Gasteiger charge is 2.14. The molecule has 134 valence electrons. The van der Waals surface area contributed by atoms with Crippen LogP contribution in [0.25, 0.3) is 0 Å². The molecule has 3 N–H and O–H groups in total. The van der Waals surface area contributed by atoms with Gasteiger partial charge in [0.05, 0.1) is 6.04 Å². The van der Waals surface area contributed by atoms with Crippen LogP contribution in [-0.2, 0) is 17.9 Å². The zero-order chi connectivity index (χ0) is 17.4. The first-order valence-electron chi connectivity index (χ1n) is 9.38. The largest absolute Gasteiger partial charge is 0.351 e. The molecule has 1 aliphatic rings. The zero-order valence-corrected chi connectivity index (χ0v) is 15.3. The van der Waals surface area contributed by atoms with Gasteiger partial charge in [0.25, 0.3) is 0 Å². The van der Waals surface area contributed by atoms with Gasteiger partial charge in [-0.2, -0.15) is 0 Å². The van der Waals surface area contributed by atoms with Crippen molar-refractivity contribution >= 4 is 5.91 Å². The maximum Gasteiger partial charge on any atom is 0.237 e. The average molecular weight is 332 g/mol. The van der Waals surface area contributed by atoms with Crippen molar-refractivity contribution in [2.45, 2.75) is 65.1 Å². The predicted octanol–water partition coefficient (Wildman–Crippen LogP) is 3.05. The van der Waals surface area contributed by atoms with Crippen molar-refractivity contribution < 1.29 is 4.79 Å². The quantitative estimate of drug-likeness (QED) is 0.807. The summed E-state index contributed by atoms with van der Waals surface area (Å²) in [5, 5.41) is 2.97. The van der Waals surface area contributed by atoms with E-state index in [0.29, 0.717) is 12.5 Å². The Labute approximate surface area is 146 Å². The summed E-state index contributed by atoms with van der Waals surface area (Å²) in [6, 6.07) is 8.13. The minimum absolute atomic E-state index is 0.0541. The number of carbonyl (C=O) groups excluding carboxylic acids is 1.